The molecular weight excluding hydrogens is 376 g/mol. The van der Waals surface area contributed by atoms with Gasteiger partial charge in [0.2, 0.25) is 0 Å². The van der Waals surface area contributed by atoms with Crippen molar-refractivity contribution in [2.45, 2.75) is 18.9 Å². The lowest BCUT2D eigenvalue weighted by molar-refractivity contribution is -0.151. The Bertz CT molecular complexity index is 898. The van der Waals surface area contributed by atoms with Crippen LogP contribution >= 0.6 is 0 Å². The fourth-order valence-electron chi connectivity index (χ4n) is 2.88. The van der Waals surface area contributed by atoms with E-state index in [1.165, 1.54) is 0 Å². The second-order valence-corrected chi connectivity index (χ2v) is 6.37. The van der Waals surface area contributed by atoms with Crippen molar-refractivity contribution in [3.8, 4) is 11.5 Å². The first kappa shape index (κ1) is 20.2. The van der Waals surface area contributed by atoms with Crippen LogP contribution in [0, 0.1) is 0 Å². The van der Waals surface area contributed by atoms with Crippen LogP contribution in [-0.2, 0) is 25.5 Å². The second kappa shape index (κ2) is 9.59. The van der Waals surface area contributed by atoms with E-state index in [4.69, 9.17) is 14.2 Å². The number of methoxy groups -OCH3 is 1. The predicted molar refractivity (Wildman–Crippen MR) is 105 cm³/mol. The number of ether oxygens (including phenoxy) is 3. The second-order valence-electron chi connectivity index (χ2n) is 6.37. The SMILES string of the molecule is COc1ccccc1CCNC(=O)COC(=O)C[C@@H]1Oc2ccccc2NC1=O. The maximum absolute atomic E-state index is 12.0. The Balaban J connectivity index is 1.39. The summed E-state index contributed by atoms with van der Waals surface area (Å²) in [5, 5.41) is 5.35. The van der Waals surface area contributed by atoms with Gasteiger partial charge in [0.1, 0.15) is 11.5 Å². The van der Waals surface area contributed by atoms with Crippen molar-refractivity contribution in [2.24, 2.45) is 0 Å². The maximum atomic E-state index is 12.0. The molecular formula is C21H22N2O6. The van der Waals surface area contributed by atoms with Crippen LogP contribution < -0.4 is 20.1 Å². The van der Waals surface area contributed by atoms with Crippen LogP contribution in [0.5, 0.6) is 11.5 Å². The van der Waals surface area contributed by atoms with Gasteiger partial charge in [-0.1, -0.05) is 30.3 Å². The Morgan fingerprint density at radius 1 is 1.14 bits per heavy atom. The number of esters is 1. The van der Waals surface area contributed by atoms with Gasteiger partial charge in [-0.15, -0.1) is 0 Å². The molecule has 1 atom stereocenters. The summed E-state index contributed by atoms with van der Waals surface area (Å²) in [5.41, 5.74) is 1.52. The van der Waals surface area contributed by atoms with Crippen molar-refractivity contribution in [2.75, 3.05) is 25.6 Å². The zero-order valence-corrected chi connectivity index (χ0v) is 16.0. The average molecular weight is 398 g/mol. The van der Waals surface area contributed by atoms with E-state index < -0.39 is 30.5 Å². The molecule has 2 amide bonds. The Hall–Kier alpha value is -3.55. The first-order chi connectivity index (χ1) is 14.1. The van der Waals surface area contributed by atoms with Gasteiger partial charge in [-0.3, -0.25) is 14.4 Å². The fourth-order valence-corrected chi connectivity index (χ4v) is 2.88. The summed E-state index contributed by atoms with van der Waals surface area (Å²) in [6.45, 7) is -0.0443. The molecule has 152 valence electrons. The van der Waals surface area contributed by atoms with Crippen LogP contribution in [0.3, 0.4) is 0 Å². The van der Waals surface area contributed by atoms with Crippen molar-refractivity contribution in [1.29, 1.82) is 0 Å². The summed E-state index contributed by atoms with van der Waals surface area (Å²) < 4.78 is 15.7. The van der Waals surface area contributed by atoms with E-state index in [-0.39, 0.29) is 6.42 Å². The smallest absolute Gasteiger partial charge is 0.310 e. The lowest BCUT2D eigenvalue weighted by Gasteiger charge is -2.25. The number of para-hydroxylation sites is 3. The largest absolute Gasteiger partial charge is 0.496 e. The molecule has 0 bridgehead atoms. The minimum absolute atomic E-state index is 0.283. The predicted octanol–water partition coefficient (Wildman–Crippen LogP) is 1.69. The number of hydrogen-bond donors (Lipinski definition) is 2. The third kappa shape index (κ3) is 5.47. The Morgan fingerprint density at radius 3 is 2.72 bits per heavy atom. The quantitative estimate of drug-likeness (QED) is 0.656. The number of nitrogens with one attached hydrogen (secondary N) is 2. The van der Waals surface area contributed by atoms with Crippen LogP contribution in [0.15, 0.2) is 48.5 Å². The van der Waals surface area contributed by atoms with Crippen molar-refractivity contribution in [3.05, 3.63) is 54.1 Å². The molecule has 29 heavy (non-hydrogen) atoms. The molecule has 1 aliphatic heterocycles. The molecule has 0 saturated heterocycles. The highest BCUT2D eigenvalue weighted by atomic mass is 16.5. The number of carbonyl (C=O) groups is 3. The third-order valence-electron chi connectivity index (χ3n) is 4.33. The van der Waals surface area contributed by atoms with Crippen LogP contribution in [0.2, 0.25) is 0 Å². The van der Waals surface area contributed by atoms with Crippen LogP contribution in [0.4, 0.5) is 5.69 Å². The van der Waals surface area contributed by atoms with Gasteiger partial charge in [0.25, 0.3) is 11.8 Å². The van der Waals surface area contributed by atoms with E-state index in [1.54, 1.807) is 31.4 Å². The average Bonchev–Trinajstić information content (AvgIpc) is 2.73. The van der Waals surface area contributed by atoms with Crippen LogP contribution in [0.1, 0.15) is 12.0 Å². The highest BCUT2D eigenvalue weighted by molar-refractivity contribution is 5.99. The normalized spacial score (nSPS) is 14.8. The zero-order chi connectivity index (χ0) is 20.6. The number of carbonyl (C=O) groups excluding carboxylic acids is 3. The van der Waals surface area contributed by atoms with E-state index >= 15 is 0 Å². The number of rotatable bonds is 8. The number of fused-ring (bicyclic) bond motifs is 1. The number of hydrogen-bond acceptors (Lipinski definition) is 6. The lowest BCUT2D eigenvalue weighted by atomic mass is 10.1. The van der Waals surface area contributed by atoms with E-state index in [1.807, 2.05) is 24.3 Å². The maximum Gasteiger partial charge on any atom is 0.310 e. The molecule has 8 nitrogen and oxygen atoms in total. The van der Waals surface area contributed by atoms with Gasteiger partial charge in [-0.25, -0.2) is 0 Å². The molecule has 0 aromatic heterocycles. The van der Waals surface area contributed by atoms with Gasteiger partial charge in [-0.05, 0) is 30.2 Å². The van der Waals surface area contributed by atoms with Gasteiger partial charge in [0.15, 0.2) is 12.7 Å². The highest BCUT2D eigenvalue weighted by Gasteiger charge is 2.30. The minimum atomic E-state index is -0.994. The van der Waals surface area contributed by atoms with E-state index in [0.717, 1.165) is 11.3 Å². The van der Waals surface area contributed by atoms with Gasteiger partial charge in [-0.2, -0.15) is 0 Å². The summed E-state index contributed by atoms with van der Waals surface area (Å²) >= 11 is 0. The molecule has 0 fully saturated rings. The van der Waals surface area contributed by atoms with Crippen molar-refractivity contribution >= 4 is 23.5 Å². The van der Waals surface area contributed by atoms with E-state index in [0.29, 0.717) is 24.4 Å². The monoisotopic (exact) mass is 398 g/mol. The van der Waals surface area contributed by atoms with Crippen LogP contribution in [0.25, 0.3) is 0 Å². The standard InChI is InChI=1S/C21H22N2O6/c1-27-16-8-4-2-6-14(16)10-11-22-19(24)13-28-20(25)12-18-21(26)23-15-7-3-5-9-17(15)29-18/h2-9,18H,10-13H2,1H3,(H,22,24)(H,23,26)/t18-/m0/s1. The van der Waals surface area contributed by atoms with Gasteiger partial charge < -0.3 is 24.8 Å². The summed E-state index contributed by atoms with van der Waals surface area (Å²) in [6.07, 6.45) is -0.695. The number of amides is 2. The summed E-state index contributed by atoms with van der Waals surface area (Å²) in [4.78, 5) is 35.9. The Kier molecular flexibility index (Phi) is 6.67. The van der Waals surface area contributed by atoms with Gasteiger partial charge in [0.05, 0.1) is 19.2 Å². The summed E-state index contributed by atoms with van der Waals surface area (Å²) in [7, 11) is 1.59. The molecule has 0 spiro atoms. The molecule has 2 aromatic carbocycles. The topological polar surface area (TPSA) is 103 Å². The number of benzene rings is 2. The minimum Gasteiger partial charge on any atom is -0.496 e. The van der Waals surface area contributed by atoms with Crippen molar-refractivity contribution in [3.63, 3.8) is 0 Å². The first-order valence-corrected chi connectivity index (χ1v) is 9.17. The molecule has 1 aliphatic rings. The summed E-state index contributed by atoms with van der Waals surface area (Å²) in [5.74, 6) is -0.307. The molecule has 2 aromatic rings. The Morgan fingerprint density at radius 2 is 1.90 bits per heavy atom. The molecule has 0 unspecified atom stereocenters. The lowest BCUT2D eigenvalue weighted by Crippen LogP contribution is -2.39. The molecule has 2 N–H and O–H groups in total. The molecule has 0 radical (unpaired) electrons. The van der Waals surface area contributed by atoms with Gasteiger partial charge in [0, 0.05) is 6.54 Å². The fraction of sp³-hybridized carbons (Fsp3) is 0.286. The molecule has 3 rings (SSSR count). The molecule has 0 saturated carbocycles. The van der Waals surface area contributed by atoms with Crippen molar-refractivity contribution in [1.82, 2.24) is 5.32 Å². The first-order valence-electron chi connectivity index (χ1n) is 9.17. The van der Waals surface area contributed by atoms with Crippen molar-refractivity contribution < 1.29 is 28.6 Å². The summed E-state index contributed by atoms with van der Waals surface area (Å²) in [6, 6.07) is 14.5. The molecule has 8 heteroatoms. The molecule has 0 aliphatic carbocycles. The highest BCUT2D eigenvalue weighted by Crippen LogP contribution is 2.29. The molecule has 1 heterocycles. The third-order valence-corrected chi connectivity index (χ3v) is 4.33. The van der Waals surface area contributed by atoms with Crippen LogP contribution in [-0.4, -0.2) is 44.1 Å². The van der Waals surface area contributed by atoms with E-state index in [2.05, 4.69) is 10.6 Å². The zero-order valence-electron chi connectivity index (χ0n) is 16.0. The van der Waals surface area contributed by atoms with E-state index in [9.17, 15) is 14.4 Å². The Labute approximate surface area is 168 Å². The van der Waals surface area contributed by atoms with Gasteiger partial charge >= 0.3 is 5.97 Å². The number of anilines is 1.